The van der Waals surface area contributed by atoms with Crippen LogP contribution in [0.2, 0.25) is 0 Å². The molecule has 0 amide bonds. The Kier molecular flexibility index (Phi) is 1.77. The Balaban J connectivity index is 2.21. The van der Waals surface area contributed by atoms with Gasteiger partial charge in [0.05, 0.1) is 5.54 Å². The average molecular weight is 167 g/mol. The second-order valence-electron chi connectivity index (χ2n) is 4.64. The van der Waals surface area contributed by atoms with Gasteiger partial charge in [0.25, 0.3) is 0 Å². The first kappa shape index (κ1) is 8.27. The van der Waals surface area contributed by atoms with Gasteiger partial charge in [-0.15, -0.1) is 0 Å². The Labute approximate surface area is 73.6 Å². The molecule has 2 rings (SSSR count). The van der Waals surface area contributed by atoms with E-state index in [1.54, 1.807) is 0 Å². The van der Waals surface area contributed by atoms with Crippen LogP contribution < -0.4 is 5.48 Å². The standard InChI is InChI=1S/C10H17NO/c1-7-3-9-4-8(2)6-10(9,5-7)11-12/h8-9,11-12H,1,3-6H2,2H3/t8?,9-,10-/m1/s1. The van der Waals surface area contributed by atoms with Gasteiger partial charge in [-0.05, 0) is 37.5 Å². The summed E-state index contributed by atoms with van der Waals surface area (Å²) in [5.41, 5.74) is 3.84. The van der Waals surface area contributed by atoms with E-state index in [2.05, 4.69) is 19.0 Å². The van der Waals surface area contributed by atoms with Crippen LogP contribution in [0.3, 0.4) is 0 Å². The molecule has 0 aromatic rings. The monoisotopic (exact) mass is 167 g/mol. The first-order valence-corrected chi connectivity index (χ1v) is 4.74. The summed E-state index contributed by atoms with van der Waals surface area (Å²) in [4.78, 5) is 0. The van der Waals surface area contributed by atoms with E-state index in [0.717, 1.165) is 25.2 Å². The lowest BCUT2D eigenvalue weighted by atomic mass is 9.91. The molecule has 2 saturated carbocycles. The lowest BCUT2D eigenvalue weighted by Gasteiger charge is -2.26. The third kappa shape index (κ3) is 1.02. The van der Waals surface area contributed by atoms with Gasteiger partial charge in [-0.2, -0.15) is 5.48 Å². The Morgan fingerprint density at radius 1 is 1.67 bits per heavy atom. The van der Waals surface area contributed by atoms with Crippen LogP contribution in [-0.2, 0) is 0 Å². The van der Waals surface area contributed by atoms with Crippen molar-refractivity contribution >= 4 is 0 Å². The molecule has 0 saturated heterocycles. The summed E-state index contributed by atoms with van der Waals surface area (Å²) >= 11 is 0. The maximum atomic E-state index is 9.17. The third-order valence-electron chi connectivity index (χ3n) is 3.50. The van der Waals surface area contributed by atoms with Gasteiger partial charge in [0.15, 0.2) is 0 Å². The zero-order valence-corrected chi connectivity index (χ0v) is 7.64. The van der Waals surface area contributed by atoms with E-state index >= 15 is 0 Å². The lowest BCUT2D eigenvalue weighted by molar-refractivity contribution is 0.0494. The first-order chi connectivity index (χ1) is 5.66. The predicted octanol–water partition coefficient (Wildman–Crippen LogP) is 2.10. The van der Waals surface area contributed by atoms with Crippen LogP contribution in [-0.4, -0.2) is 10.7 Å². The fourth-order valence-electron chi connectivity index (χ4n) is 3.12. The van der Waals surface area contributed by atoms with Crippen LogP contribution in [0.4, 0.5) is 0 Å². The number of rotatable bonds is 1. The molecule has 68 valence electrons. The SMILES string of the molecule is C=C1C[C@@H]2CC(C)C[C@]2(NO)C1. The smallest absolute Gasteiger partial charge is 0.0500 e. The molecule has 0 bridgehead atoms. The maximum Gasteiger partial charge on any atom is 0.0500 e. The Bertz CT molecular complexity index is 214. The van der Waals surface area contributed by atoms with Crippen LogP contribution in [0, 0.1) is 11.8 Å². The highest BCUT2D eigenvalue weighted by atomic mass is 16.5. The fraction of sp³-hybridized carbons (Fsp3) is 0.800. The average Bonchev–Trinajstić information content (AvgIpc) is 2.40. The highest BCUT2D eigenvalue weighted by Crippen LogP contribution is 2.51. The van der Waals surface area contributed by atoms with E-state index in [0.29, 0.717) is 5.92 Å². The summed E-state index contributed by atoms with van der Waals surface area (Å²) in [6.45, 7) is 6.27. The second-order valence-corrected chi connectivity index (χ2v) is 4.64. The van der Waals surface area contributed by atoms with Gasteiger partial charge < -0.3 is 5.21 Å². The molecular formula is C10H17NO. The van der Waals surface area contributed by atoms with Crippen molar-refractivity contribution in [2.45, 2.75) is 38.1 Å². The first-order valence-electron chi connectivity index (χ1n) is 4.74. The number of nitrogens with one attached hydrogen (secondary N) is 1. The van der Waals surface area contributed by atoms with Gasteiger partial charge in [0.2, 0.25) is 0 Å². The molecule has 2 heteroatoms. The predicted molar refractivity (Wildman–Crippen MR) is 47.9 cm³/mol. The summed E-state index contributed by atoms with van der Waals surface area (Å²) in [5, 5.41) is 9.17. The number of fused-ring (bicyclic) bond motifs is 1. The van der Waals surface area contributed by atoms with Crippen LogP contribution in [0.15, 0.2) is 12.2 Å². The summed E-state index contributed by atoms with van der Waals surface area (Å²) in [6.07, 6.45) is 4.43. The highest BCUT2D eigenvalue weighted by molar-refractivity contribution is 5.18. The molecule has 0 radical (unpaired) electrons. The molecule has 0 spiro atoms. The number of hydrogen-bond donors (Lipinski definition) is 2. The number of hydrogen-bond acceptors (Lipinski definition) is 2. The van der Waals surface area contributed by atoms with Crippen molar-refractivity contribution in [2.75, 3.05) is 0 Å². The Morgan fingerprint density at radius 3 is 3.00 bits per heavy atom. The van der Waals surface area contributed by atoms with Gasteiger partial charge in [0.1, 0.15) is 0 Å². The van der Waals surface area contributed by atoms with Gasteiger partial charge in [-0.3, -0.25) is 0 Å². The molecule has 2 N–H and O–H groups in total. The van der Waals surface area contributed by atoms with Crippen LogP contribution in [0.1, 0.15) is 32.6 Å². The van der Waals surface area contributed by atoms with Crippen molar-refractivity contribution in [3.8, 4) is 0 Å². The van der Waals surface area contributed by atoms with Crippen molar-refractivity contribution in [3.63, 3.8) is 0 Å². The molecule has 12 heavy (non-hydrogen) atoms. The minimum Gasteiger partial charge on any atom is -0.316 e. The molecule has 3 atom stereocenters. The fourth-order valence-corrected chi connectivity index (χ4v) is 3.12. The van der Waals surface area contributed by atoms with E-state index in [4.69, 9.17) is 0 Å². The molecule has 2 aliphatic carbocycles. The van der Waals surface area contributed by atoms with Crippen molar-refractivity contribution in [1.82, 2.24) is 5.48 Å². The van der Waals surface area contributed by atoms with E-state index < -0.39 is 0 Å². The topological polar surface area (TPSA) is 32.3 Å². The molecule has 2 fully saturated rings. The third-order valence-corrected chi connectivity index (χ3v) is 3.50. The normalized spacial score (nSPS) is 46.7. The lowest BCUT2D eigenvalue weighted by Crippen LogP contribution is -2.43. The summed E-state index contributed by atoms with van der Waals surface area (Å²) < 4.78 is 0. The minimum atomic E-state index is -0.00347. The second kappa shape index (κ2) is 2.57. The van der Waals surface area contributed by atoms with E-state index in [1.165, 1.54) is 12.0 Å². The van der Waals surface area contributed by atoms with E-state index in [1.807, 2.05) is 0 Å². The summed E-state index contributed by atoms with van der Waals surface area (Å²) in [6, 6.07) is 0. The number of hydroxylamine groups is 1. The van der Waals surface area contributed by atoms with Crippen molar-refractivity contribution in [3.05, 3.63) is 12.2 Å². The van der Waals surface area contributed by atoms with Crippen molar-refractivity contribution in [2.24, 2.45) is 11.8 Å². The molecular weight excluding hydrogens is 150 g/mol. The van der Waals surface area contributed by atoms with Crippen molar-refractivity contribution < 1.29 is 5.21 Å². The molecule has 0 aromatic heterocycles. The highest BCUT2D eigenvalue weighted by Gasteiger charge is 2.49. The van der Waals surface area contributed by atoms with Crippen LogP contribution in [0.5, 0.6) is 0 Å². The van der Waals surface area contributed by atoms with Gasteiger partial charge in [-0.1, -0.05) is 19.1 Å². The molecule has 2 aliphatic rings. The summed E-state index contributed by atoms with van der Waals surface area (Å²) in [7, 11) is 0. The van der Waals surface area contributed by atoms with Gasteiger partial charge in [-0.25, -0.2) is 0 Å². The van der Waals surface area contributed by atoms with Crippen molar-refractivity contribution in [1.29, 1.82) is 0 Å². The minimum absolute atomic E-state index is 0.00347. The largest absolute Gasteiger partial charge is 0.316 e. The van der Waals surface area contributed by atoms with Crippen LogP contribution in [0.25, 0.3) is 0 Å². The van der Waals surface area contributed by atoms with E-state index in [-0.39, 0.29) is 5.54 Å². The zero-order valence-electron chi connectivity index (χ0n) is 7.64. The molecule has 0 heterocycles. The quantitative estimate of drug-likeness (QED) is 0.463. The maximum absolute atomic E-state index is 9.17. The molecule has 0 aliphatic heterocycles. The summed E-state index contributed by atoms with van der Waals surface area (Å²) in [5.74, 6) is 1.38. The molecule has 1 unspecified atom stereocenters. The van der Waals surface area contributed by atoms with Gasteiger partial charge in [0, 0.05) is 0 Å². The van der Waals surface area contributed by atoms with Crippen LogP contribution >= 0.6 is 0 Å². The molecule has 2 nitrogen and oxygen atoms in total. The Morgan fingerprint density at radius 2 is 2.42 bits per heavy atom. The zero-order chi connectivity index (χ0) is 8.77. The van der Waals surface area contributed by atoms with E-state index in [9.17, 15) is 5.21 Å². The molecule has 0 aromatic carbocycles. The van der Waals surface area contributed by atoms with Gasteiger partial charge >= 0.3 is 0 Å². The Hall–Kier alpha value is -0.340.